The fourth-order valence-electron chi connectivity index (χ4n) is 2.80. The minimum Gasteiger partial charge on any atom is -0.489 e. The van der Waals surface area contributed by atoms with Gasteiger partial charge in [-0.25, -0.2) is 9.79 Å². The lowest BCUT2D eigenvalue weighted by Gasteiger charge is -2.07. The first-order valence-corrected chi connectivity index (χ1v) is 10.0. The second kappa shape index (κ2) is 8.64. The van der Waals surface area contributed by atoms with Crippen LogP contribution in [-0.4, -0.2) is 11.9 Å². The minimum atomic E-state index is -0.514. The lowest BCUT2D eigenvalue weighted by molar-refractivity contribution is -0.129. The van der Waals surface area contributed by atoms with E-state index in [-0.39, 0.29) is 11.6 Å². The van der Waals surface area contributed by atoms with Gasteiger partial charge in [-0.2, -0.15) is 0 Å². The molecular formula is C23H15BrClNO3. The van der Waals surface area contributed by atoms with E-state index in [2.05, 4.69) is 20.9 Å². The molecule has 1 aliphatic rings. The average Bonchev–Trinajstić information content (AvgIpc) is 3.07. The summed E-state index contributed by atoms with van der Waals surface area (Å²) in [5, 5.41) is 0.475. The van der Waals surface area contributed by atoms with E-state index in [4.69, 9.17) is 21.1 Å². The van der Waals surface area contributed by atoms with Gasteiger partial charge in [-0.3, -0.25) is 0 Å². The number of carbonyl (C=O) groups excluding carboxylic acids is 1. The molecule has 0 unspecified atom stereocenters. The first-order valence-electron chi connectivity index (χ1n) is 8.83. The van der Waals surface area contributed by atoms with Crippen LogP contribution in [0.15, 0.2) is 88.0 Å². The summed E-state index contributed by atoms with van der Waals surface area (Å²) in [4.78, 5) is 16.5. The smallest absolute Gasteiger partial charge is 0.363 e. The van der Waals surface area contributed by atoms with Crippen molar-refractivity contribution in [3.05, 3.63) is 105 Å². The molecular weight excluding hydrogens is 454 g/mol. The maximum atomic E-state index is 12.2. The Balaban J connectivity index is 1.53. The number of hydrogen-bond donors (Lipinski definition) is 0. The Kier molecular flexibility index (Phi) is 5.79. The molecule has 0 saturated carbocycles. The predicted molar refractivity (Wildman–Crippen MR) is 117 cm³/mol. The zero-order valence-corrected chi connectivity index (χ0v) is 17.5. The average molecular weight is 469 g/mol. The summed E-state index contributed by atoms with van der Waals surface area (Å²) in [5.41, 5.74) is 2.63. The van der Waals surface area contributed by atoms with Crippen LogP contribution in [0.2, 0.25) is 5.02 Å². The summed E-state index contributed by atoms with van der Waals surface area (Å²) in [6.07, 6.45) is 1.66. The molecule has 0 amide bonds. The summed E-state index contributed by atoms with van der Waals surface area (Å²) in [6, 6.07) is 22.5. The molecule has 0 bridgehead atoms. The molecule has 144 valence electrons. The SMILES string of the molecule is O=C1OC(c2ccccc2Cl)=N/C1=C\c1cccc(OCc2cccc(Br)c2)c1. The number of nitrogens with zero attached hydrogens (tertiary/aromatic N) is 1. The number of carbonyl (C=O) groups is 1. The van der Waals surface area contributed by atoms with Crippen LogP contribution in [0.25, 0.3) is 6.08 Å². The molecule has 1 heterocycles. The largest absolute Gasteiger partial charge is 0.489 e. The maximum Gasteiger partial charge on any atom is 0.363 e. The Bertz CT molecular complexity index is 1140. The predicted octanol–water partition coefficient (Wildman–Crippen LogP) is 6.03. The van der Waals surface area contributed by atoms with Crippen LogP contribution in [0.3, 0.4) is 0 Å². The molecule has 1 aliphatic heterocycles. The van der Waals surface area contributed by atoms with Gasteiger partial charge in [0.15, 0.2) is 5.70 Å². The van der Waals surface area contributed by atoms with E-state index in [0.29, 0.717) is 22.9 Å². The summed E-state index contributed by atoms with van der Waals surface area (Å²) in [6.45, 7) is 0.441. The van der Waals surface area contributed by atoms with Gasteiger partial charge in [0.05, 0.1) is 10.6 Å². The highest BCUT2D eigenvalue weighted by Gasteiger charge is 2.25. The van der Waals surface area contributed by atoms with Crippen molar-refractivity contribution in [2.24, 2.45) is 4.99 Å². The van der Waals surface area contributed by atoms with Gasteiger partial charge in [0.25, 0.3) is 0 Å². The van der Waals surface area contributed by atoms with E-state index in [0.717, 1.165) is 15.6 Å². The molecule has 0 spiro atoms. The summed E-state index contributed by atoms with van der Waals surface area (Å²) in [7, 11) is 0. The van der Waals surface area contributed by atoms with Crippen LogP contribution in [0.4, 0.5) is 0 Å². The number of hydrogen-bond acceptors (Lipinski definition) is 4. The highest BCUT2D eigenvalue weighted by Crippen LogP contribution is 2.25. The zero-order chi connectivity index (χ0) is 20.2. The third-order valence-corrected chi connectivity index (χ3v) is 5.00. The molecule has 0 fully saturated rings. The van der Waals surface area contributed by atoms with E-state index in [1.54, 1.807) is 24.3 Å². The maximum absolute atomic E-state index is 12.2. The molecule has 4 nitrogen and oxygen atoms in total. The van der Waals surface area contributed by atoms with Gasteiger partial charge in [0.1, 0.15) is 12.4 Å². The van der Waals surface area contributed by atoms with E-state index in [9.17, 15) is 4.79 Å². The number of rotatable bonds is 5. The Morgan fingerprint density at radius 3 is 2.69 bits per heavy atom. The van der Waals surface area contributed by atoms with Crippen LogP contribution < -0.4 is 4.74 Å². The van der Waals surface area contributed by atoms with Gasteiger partial charge in [-0.1, -0.05) is 63.9 Å². The Morgan fingerprint density at radius 1 is 1.03 bits per heavy atom. The molecule has 0 N–H and O–H groups in total. The molecule has 0 radical (unpaired) electrons. The second-order valence-electron chi connectivity index (χ2n) is 6.31. The Labute approximate surface area is 181 Å². The molecule has 29 heavy (non-hydrogen) atoms. The lowest BCUT2D eigenvalue weighted by Crippen LogP contribution is -2.05. The molecule has 0 aliphatic carbocycles. The summed E-state index contributed by atoms with van der Waals surface area (Å²) >= 11 is 9.62. The van der Waals surface area contributed by atoms with Crippen molar-refractivity contribution in [1.29, 1.82) is 0 Å². The lowest BCUT2D eigenvalue weighted by atomic mass is 10.2. The van der Waals surface area contributed by atoms with Crippen molar-refractivity contribution in [1.82, 2.24) is 0 Å². The summed E-state index contributed by atoms with van der Waals surface area (Å²) in [5.74, 6) is 0.385. The van der Waals surface area contributed by atoms with E-state index in [1.165, 1.54) is 0 Å². The quantitative estimate of drug-likeness (QED) is 0.339. The highest BCUT2D eigenvalue weighted by molar-refractivity contribution is 9.10. The van der Waals surface area contributed by atoms with Crippen LogP contribution in [0, 0.1) is 0 Å². The van der Waals surface area contributed by atoms with Crippen LogP contribution in [0.1, 0.15) is 16.7 Å². The van der Waals surface area contributed by atoms with Crippen molar-refractivity contribution < 1.29 is 14.3 Å². The topological polar surface area (TPSA) is 47.9 Å². The third-order valence-electron chi connectivity index (χ3n) is 4.18. The van der Waals surface area contributed by atoms with Crippen molar-refractivity contribution in [3.8, 4) is 5.75 Å². The monoisotopic (exact) mass is 467 g/mol. The molecule has 4 rings (SSSR count). The van der Waals surface area contributed by atoms with Crippen LogP contribution in [0.5, 0.6) is 5.75 Å². The molecule has 6 heteroatoms. The van der Waals surface area contributed by atoms with Gasteiger partial charge < -0.3 is 9.47 Å². The molecule has 3 aromatic rings. The second-order valence-corrected chi connectivity index (χ2v) is 7.63. The number of esters is 1. The van der Waals surface area contributed by atoms with E-state index < -0.39 is 5.97 Å². The van der Waals surface area contributed by atoms with Crippen molar-refractivity contribution in [3.63, 3.8) is 0 Å². The first kappa shape index (κ1) is 19.4. The standard InChI is InChI=1S/C23H15BrClNO3/c24-17-7-3-6-16(11-17)14-28-18-8-4-5-15(12-18)13-21-23(27)29-22(26-21)19-9-1-2-10-20(19)25/h1-13H,14H2/b21-13-. The van der Waals surface area contributed by atoms with Gasteiger partial charge in [-0.05, 0) is 53.6 Å². The Morgan fingerprint density at radius 2 is 1.86 bits per heavy atom. The fraction of sp³-hybridized carbons (Fsp3) is 0.0435. The molecule has 0 atom stereocenters. The molecule has 0 aromatic heterocycles. The van der Waals surface area contributed by atoms with E-state index in [1.807, 2.05) is 54.6 Å². The zero-order valence-electron chi connectivity index (χ0n) is 15.1. The van der Waals surface area contributed by atoms with Crippen LogP contribution >= 0.6 is 27.5 Å². The summed E-state index contributed by atoms with van der Waals surface area (Å²) < 4.78 is 12.2. The number of benzene rings is 3. The molecule has 0 saturated heterocycles. The normalized spacial score (nSPS) is 14.6. The first-order chi connectivity index (χ1) is 14.1. The van der Waals surface area contributed by atoms with Gasteiger partial charge in [0.2, 0.25) is 5.90 Å². The fourth-order valence-corrected chi connectivity index (χ4v) is 3.47. The van der Waals surface area contributed by atoms with Gasteiger partial charge in [0, 0.05) is 4.47 Å². The Hall–Kier alpha value is -2.89. The van der Waals surface area contributed by atoms with Gasteiger partial charge in [-0.15, -0.1) is 0 Å². The number of cyclic esters (lactones) is 1. The van der Waals surface area contributed by atoms with Gasteiger partial charge >= 0.3 is 5.97 Å². The van der Waals surface area contributed by atoms with Crippen molar-refractivity contribution in [2.45, 2.75) is 6.61 Å². The van der Waals surface area contributed by atoms with Crippen LogP contribution in [-0.2, 0) is 16.1 Å². The van der Waals surface area contributed by atoms with E-state index >= 15 is 0 Å². The highest BCUT2D eigenvalue weighted by atomic mass is 79.9. The third kappa shape index (κ3) is 4.75. The number of ether oxygens (including phenoxy) is 2. The minimum absolute atomic E-state index is 0.203. The number of aliphatic imine (C=N–C) groups is 1. The van der Waals surface area contributed by atoms with Crippen molar-refractivity contribution in [2.75, 3.05) is 0 Å². The van der Waals surface area contributed by atoms with Crippen molar-refractivity contribution >= 4 is 45.5 Å². The molecule has 3 aromatic carbocycles. The number of halogens is 2.